The van der Waals surface area contributed by atoms with E-state index in [2.05, 4.69) is 16.7 Å². The summed E-state index contributed by atoms with van der Waals surface area (Å²) in [6.07, 6.45) is 8.47. The maximum Gasteiger partial charge on any atom is 0.153 e. The lowest BCUT2D eigenvalue weighted by molar-refractivity contribution is 0.0158. The zero-order valence-electron chi connectivity index (χ0n) is 13.8. The highest BCUT2D eigenvalue weighted by atomic mass is 35.5. The number of benzene rings is 1. The number of hydrogen-bond acceptors (Lipinski definition) is 2. The van der Waals surface area contributed by atoms with Gasteiger partial charge in [-0.2, -0.15) is 0 Å². The highest BCUT2D eigenvalue weighted by Gasteiger charge is 2.37. The van der Waals surface area contributed by atoms with Crippen LogP contribution in [0.5, 0.6) is 0 Å². The molecule has 1 heterocycles. The largest absolute Gasteiger partial charge is 0.373 e. The molecular weight excluding hydrogens is 306 g/mol. The molecule has 2 aliphatic rings. The van der Waals surface area contributed by atoms with E-state index in [0.29, 0.717) is 0 Å². The van der Waals surface area contributed by atoms with Crippen LogP contribution in [0.1, 0.15) is 50.5 Å². The van der Waals surface area contributed by atoms with Gasteiger partial charge in [-0.1, -0.05) is 61.4 Å². The zero-order chi connectivity index (χ0) is 15.3. The van der Waals surface area contributed by atoms with Crippen LogP contribution in [-0.4, -0.2) is 29.6 Å². The van der Waals surface area contributed by atoms with Crippen LogP contribution in [0.15, 0.2) is 30.3 Å². The van der Waals surface area contributed by atoms with Gasteiger partial charge in [-0.25, -0.2) is 0 Å². The Morgan fingerprint density at radius 1 is 1.00 bits per heavy atom. The highest BCUT2D eigenvalue weighted by Crippen LogP contribution is 2.38. The lowest BCUT2D eigenvalue weighted by Gasteiger charge is -2.35. The summed E-state index contributed by atoms with van der Waals surface area (Å²) in [7, 11) is 0. The maximum absolute atomic E-state index is 11.4. The lowest BCUT2D eigenvalue weighted by Crippen LogP contribution is -2.35. The molecular formula is C20H28ClNO. The molecule has 1 unspecified atom stereocenters. The number of aliphatic hydroxyl groups is 1. The van der Waals surface area contributed by atoms with Crippen LogP contribution in [0, 0.1) is 17.8 Å². The Hall–Kier alpha value is -1.01. The van der Waals surface area contributed by atoms with Gasteiger partial charge in [0.25, 0.3) is 0 Å². The summed E-state index contributed by atoms with van der Waals surface area (Å²) >= 11 is 0. The molecule has 3 rings (SSSR count). The molecule has 23 heavy (non-hydrogen) atoms. The van der Waals surface area contributed by atoms with Gasteiger partial charge in [0.2, 0.25) is 0 Å². The van der Waals surface area contributed by atoms with E-state index in [1.165, 1.54) is 32.1 Å². The zero-order valence-corrected chi connectivity index (χ0v) is 14.7. The maximum atomic E-state index is 11.4. The van der Waals surface area contributed by atoms with Gasteiger partial charge >= 0.3 is 0 Å². The van der Waals surface area contributed by atoms with Crippen molar-refractivity contribution < 1.29 is 5.11 Å². The minimum absolute atomic E-state index is 0. The van der Waals surface area contributed by atoms with Crippen molar-refractivity contribution in [1.82, 2.24) is 4.90 Å². The molecule has 0 bridgehead atoms. The summed E-state index contributed by atoms with van der Waals surface area (Å²) in [6.45, 7) is 3.10. The van der Waals surface area contributed by atoms with Gasteiger partial charge in [0.15, 0.2) is 5.60 Å². The van der Waals surface area contributed by atoms with Crippen LogP contribution in [-0.2, 0) is 5.60 Å². The van der Waals surface area contributed by atoms with Crippen molar-refractivity contribution in [2.45, 2.75) is 50.5 Å². The van der Waals surface area contributed by atoms with Crippen LogP contribution in [0.25, 0.3) is 0 Å². The van der Waals surface area contributed by atoms with Crippen LogP contribution in [0.4, 0.5) is 0 Å². The first-order valence-corrected chi connectivity index (χ1v) is 8.79. The average molecular weight is 334 g/mol. The first-order chi connectivity index (χ1) is 10.8. The molecule has 1 saturated heterocycles. The van der Waals surface area contributed by atoms with Crippen molar-refractivity contribution in [3.8, 4) is 11.8 Å². The highest BCUT2D eigenvalue weighted by molar-refractivity contribution is 5.85. The molecule has 3 heteroatoms. The first kappa shape index (κ1) is 18.3. The SMILES string of the molecule is Cl.OC(C#CCN1CCCC1)(c1ccccc1)C1CCCCC1. The fourth-order valence-electron chi connectivity index (χ4n) is 3.85. The summed E-state index contributed by atoms with van der Waals surface area (Å²) in [5.41, 5.74) is -0.00248. The van der Waals surface area contributed by atoms with Crippen LogP contribution in [0.2, 0.25) is 0 Å². The Morgan fingerprint density at radius 2 is 1.65 bits per heavy atom. The van der Waals surface area contributed by atoms with E-state index in [4.69, 9.17) is 0 Å². The molecule has 1 saturated carbocycles. The summed E-state index contributed by atoms with van der Waals surface area (Å²) in [6, 6.07) is 10.1. The van der Waals surface area contributed by atoms with E-state index in [1.807, 2.05) is 30.3 Å². The minimum atomic E-state index is -0.971. The van der Waals surface area contributed by atoms with Gasteiger partial charge in [0, 0.05) is 5.92 Å². The predicted molar refractivity (Wildman–Crippen MR) is 97.6 cm³/mol. The standard InChI is InChI=1S/C20H27NO.ClH/c22-20(18-10-3-1-4-11-18,19-12-5-2-6-13-19)14-9-17-21-15-7-8-16-21;/h1,3-4,10-11,19,22H,2,5-8,12-13,15-17H2;1H. The Kier molecular flexibility index (Phi) is 6.96. The Labute approximate surface area is 146 Å². The minimum Gasteiger partial charge on any atom is -0.373 e. The summed E-state index contributed by atoms with van der Waals surface area (Å²) in [4.78, 5) is 2.39. The van der Waals surface area contributed by atoms with Crippen molar-refractivity contribution in [2.75, 3.05) is 19.6 Å². The lowest BCUT2D eigenvalue weighted by atomic mass is 9.73. The summed E-state index contributed by atoms with van der Waals surface area (Å²) in [5.74, 6) is 6.84. The van der Waals surface area contributed by atoms with Gasteiger partial charge in [-0.05, 0) is 44.3 Å². The van der Waals surface area contributed by atoms with Crippen LogP contribution >= 0.6 is 12.4 Å². The molecule has 1 aliphatic heterocycles. The first-order valence-electron chi connectivity index (χ1n) is 8.79. The third-order valence-corrected chi connectivity index (χ3v) is 5.19. The van der Waals surface area contributed by atoms with Gasteiger partial charge in [-0.15, -0.1) is 12.4 Å². The molecule has 1 aromatic carbocycles. The van der Waals surface area contributed by atoms with E-state index in [-0.39, 0.29) is 18.3 Å². The molecule has 1 N–H and O–H groups in total. The van der Waals surface area contributed by atoms with E-state index < -0.39 is 5.60 Å². The van der Waals surface area contributed by atoms with Crippen molar-refractivity contribution in [3.63, 3.8) is 0 Å². The third-order valence-electron chi connectivity index (χ3n) is 5.19. The Balaban J connectivity index is 0.00000192. The second kappa shape index (κ2) is 8.73. The average Bonchev–Trinajstić information content (AvgIpc) is 3.10. The second-order valence-corrected chi connectivity index (χ2v) is 6.75. The molecule has 0 aromatic heterocycles. The Bertz CT molecular complexity index is 524. The molecule has 1 aliphatic carbocycles. The topological polar surface area (TPSA) is 23.5 Å². The molecule has 0 spiro atoms. The summed E-state index contributed by atoms with van der Waals surface area (Å²) < 4.78 is 0. The van der Waals surface area contributed by atoms with Crippen molar-refractivity contribution in [1.29, 1.82) is 0 Å². The van der Waals surface area contributed by atoms with Gasteiger partial charge in [0.05, 0.1) is 6.54 Å². The van der Waals surface area contributed by atoms with Gasteiger partial charge < -0.3 is 5.11 Å². The van der Waals surface area contributed by atoms with Crippen molar-refractivity contribution in [2.24, 2.45) is 5.92 Å². The quantitative estimate of drug-likeness (QED) is 0.846. The normalized spacial score (nSPS) is 21.8. The van der Waals surface area contributed by atoms with E-state index in [0.717, 1.165) is 38.0 Å². The second-order valence-electron chi connectivity index (χ2n) is 6.75. The van der Waals surface area contributed by atoms with Crippen molar-refractivity contribution in [3.05, 3.63) is 35.9 Å². The molecule has 126 valence electrons. The Morgan fingerprint density at radius 3 is 2.30 bits per heavy atom. The smallest absolute Gasteiger partial charge is 0.153 e. The fraction of sp³-hybridized carbons (Fsp3) is 0.600. The molecule has 0 amide bonds. The number of hydrogen-bond donors (Lipinski definition) is 1. The molecule has 2 nitrogen and oxygen atoms in total. The van der Waals surface area contributed by atoms with Crippen LogP contribution in [0.3, 0.4) is 0 Å². The third kappa shape index (κ3) is 4.51. The molecule has 0 radical (unpaired) electrons. The van der Waals surface area contributed by atoms with Gasteiger partial charge in [0.1, 0.15) is 0 Å². The summed E-state index contributed by atoms with van der Waals surface area (Å²) in [5, 5.41) is 11.4. The predicted octanol–water partition coefficient (Wildman–Crippen LogP) is 3.98. The molecule has 1 aromatic rings. The number of halogens is 1. The van der Waals surface area contributed by atoms with E-state index in [9.17, 15) is 5.11 Å². The van der Waals surface area contributed by atoms with Crippen LogP contribution < -0.4 is 0 Å². The number of nitrogens with zero attached hydrogens (tertiary/aromatic N) is 1. The number of rotatable bonds is 3. The fourth-order valence-corrected chi connectivity index (χ4v) is 3.85. The van der Waals surface area contributed by atoms with Crippen molar-refractivity contribution >= 4 is 12.4 Å². The molecule has 2 fully saturated rings. The van der Waals surface area contributed by atoms with E-state index in [1.54, 1.807) is 0 Å². The van der Waals surface area contributed by atoms with E-state index >= 15 is 0 Å². The number of likely N-dealkylation sites (tertiary alicyclic amines) is 1. The monoisotopic (exact) mass is 333 g/mol. The molecule has 1 atom stereocenters. The van der Waals surface area contributed by atoms with Gasteiger partial charge in [-0.3, -0.25) is 4.90 Å².